The number of hydrogen-bond acceptors (Lipinski definition) is 4. The lowest BCUT2D eigenvalue weighted by molar-refractivity contribution is 0.581. The van der Waals surface area contributed by atoms with E-state index in [1.165, 1.54) is 0 Å². The lowest BCUT2D eigenvalue weighted by atomic mass is 10.3. The van der Waals surface area contributed by atoms with Crippen LogP contribution in [0.5, 0.6) is 0 Å². The first-order valence-corrected chi connectivity index (χ1v) is 6.10. The van der Waals surface area contributed by atoms with Crippen molar-refractivity contribution in [2.75, 3.05) is 31.1 Å². The Kier molecular flexibility index (Phi) is 2.53. The van der Waals surface area contributed by atoms with Crippen LogP contribution < -0.4 is 10.2 Å². The van der Waals surface area contributed by atoms with Gasteiger partial charge in [-0.25, -0.2) is 9.50 Å². The van der Waals surface area contributed by atoms with Gasteiger partial charge in [0.05, 0.1) is 6.20 Å². The van der Waals surface area contributed by atoms with Crippen molar-refractivity contribution in [3.05, 3.63) is 22.9 Å². The zero-order valence-electron chi connectivity index (χ0n) is 8.73. The summed E-state index contributed by atoms with van der Waals surface area (Å²) in [5.74, 6) is 1.01. The lowest BCUT2D eigenvalue weighted by Gasteiger charge is -2.28. The van der Waals surface area contributed by atoms with Gasteiger partial charge in [0.15, 0.2) is 5.65 Å². The summed E-state index contributed by atoms with van der Waals surface area (Å²) in [5.41, 5.74) is 0.866. The van der Waals surface area contributed by atoms with Crippen LogP contribution in [-0.2, 0) is 0 Å². The predicted molar refractivity (Wildman–Crippen MR) is 65.8 cm³/mol. The summed E-state index contributed by atoms with van der Waals surface area (Å²) < 4.78 is 2.71. The van der Waals surface area contributed by atoms with Crippen LogP contribution in [0.15, 0.2) is 22.9 Å². The summed E-state index contributed by atoms with van der Waals surface area (Å²) in [5, 5.41) is 7.89. The summed E-state index contributed by atoms with van der Waals surface area (Å²) in [6.07, 6.45) is 1.77. The number of aromatic nitrogens is 3. The Balaban J connectivity index is 1.99. The fourth-order valence-corrected chi connectivity index (χ4v) is 2.26. The highest BCUT2D eigenvalue weighted by molar-refractivity contribution is 9.10. The summed E-state index contributed by atoms with van der Waals surface area (Å²) in [7, 11) is 0. The second kappa shape index (κ2) is 4.03. The molecule has 2 aromatic rings. The van der Waals surface area contributed by atoms with Crippen LogP contribution in [0.25, 0.3) is 5.65 Å². The van der Waals surface area contributed by atoms with Crippen LogP contribution in [0.1, 0.15) is 0 Å². The second-order valence-corrected chi connectivity index (χ2v) is 4.59. The van der Waals surface area contributed by atoms with Crippen LogP contribution in [0.4, 0.5) is 5.82 Å². The molecule has 0 aromatic carbocycles. The minimum Gasteiger partial charge on any atom is -0.353 e. The fourth-order valence-electron chi connectivity index (χ4n) is 1.90. The molecule has 0 bridgehead atoms. The van der Waals surface area contributed by atoms with E-state index in [0.717, 1.165) is 42.2 Å². The highest BCUT2D eigenvalue weighted by Gasteiger charge is 2.12. The van der Waals surface area contributed by atoms with Crippen molar-refractivity contribution < 1.29 is 0 Å². The molecule has 1 saturated heterocycles. The van der Waals surface area contributed by atoms with Crippen molar-refractivity contribution in [2.45, 2.75) is 0 Å². The molecule has 0 spiro atoms. The van der Waals surface area contributed by atoms with Gasteiger partial charge in [0.2, 0.25) is 0 Å². The minimum absolute atomic E-state index is 0.866. The first-order chi connectivity index (χ1) is 7.84. The third kappa shape index (κ3) is 1.68. The Morgan fingerprint density at radius 2 is 2.06 bits per heavy atom. The Hall–Kier alpha value is -1.14. The fraction of sp³-hybridized carbons (Fsp3) is 0.400. The van der Waals surface area contributed by atoms with E-state index in [0.29, 0.717) is 0 Å². The largest absolute Gasteiger partial charge is 0.353 e. The summed E-state index contributed by atoms with van der Waals surface area (Å²) in [4.78, 5) is 6.51. The van der Waals surface area contributed by atoms with Crippen molar-refractivity contribution in [1.82, 2.24) is 19.9 Å². The Morgan fingerprint density at radius 1 is 1.25 bits per heavy atom. The number of halogens is 1. The molecule has 2 aromatic heterocycles. The number of hydrogen-bond donors (Lipinski definition) is 1. The Bertz CT molecular complexity index is 503. The molecular formula is C10H12BrN5. The molecule has 3 rings (SSSR count). The smallest absolute Gasteiger partial charge is 0.154 e. The molecule has 0 unspecified atom stereocenters. The molecule has 1 fully saturated rings. The third-order valence-corrected chi connectivity index (χ3v) is 3.29. The zero-order chi connectivity index (χ0) is 11.0. The number of nitrogens with zero attached hydrogens (tertiary/aromatic N) is 4. The van der Waals surface area contributed by atoms with Gasteiger partial charge in [-0.1, -0.05) is 0 Å². The van der Waals surface area contributed by atoms with E-state index in [2.05, 4.69) is 36.2 Å². The van der Waals surface area contributed by atoms with Crippen LogP contribution in [-0.4, -0.2) is 40.8 Å². The van der Waals surface area contributed by atoms with Gasteiger partial charge >= 0.3 is 0 Å². The molecule has 84 valence electrons. The van der Waals surface area contributed by atoms with E-state index in [1.54, 1.807) is 6.20 Å². The van der Waals surface area contributed by atoms with Gasteiger partial charge in [-0.2, -0.15) is 0 Å². The Labute approximate surface area is 102 Å². The standard InChI is InChI=1S/C10H12BrN5/c11-8-7-13-9-1-2-10(14-16(8)9)15-5-3-12-4-6-15/h1-2,7,12H,3-6H2. The van der Waals surface area contributed by atoms with Gasteiger partial charge in [-0.15, -0.1) is 5.10 Å². The van der Waals surface area contributed by atoms with Crippen molar-refractivity contribution in [3.63, 3.8) is 0 Å². The molecule has 5 nitrogen and oxygen atoms in total. The SMILES string of the molecule is Brc1cnc2ccc(N3CCNCC3)nn12. The number of rotatable bonds is 1. The van der Waals surface area contributed by atoms with Crippen molar-refractivity contribution in [1.29, 1.82) is 0 Å². The van der Waals surface area contributed by atoms with Crippen LogP contribution in [0.2, 0.25) is 0 Å². The molecule has 0 aliphatic carbocycles. The topological polar surface area (TPSA) is 45.5 Å². The maximum Gasteiger partial charge on any atom is 0.154 e. The van der Waals surface area contributed by atoms with Gasteiger partial charge in [0.1, 0.15) is 10.4 Å². The van der Waals surface area contributed by atoms with Crippen molar-refractivity contribution >= 4 is 27.4 Å². The predicted octanol–water partition coefficient (Wildman–Crippen LogP) is 0.901. The molecule has 3 heterocycles. The third-order valence-electron chi connectivity index (χ3n) is 2.75. The van der Waals surface area contributed by atoms with E-state index < -0.39 is 0 Å². The molecule has 6 heteroatoms. The van der Waals surface area contributed by atoms with E-state index in [1.807, 2.05) is 16.6 Å². The van der Waals surface area contributed by atoms with E-state index >= 15 is 0 Å². The van der Waals surface area contributed by atoms with Gasteiger partial charge in [-0.3, -0.25) is 0 Å². The monoisotopic (exact) mass is 281 g/mol. The van der Waals surface area contributed by atoms with E-state index in [4.69, 9.17) is 0 Å². The molecule has 1 N–H and O–H groups in total. The average Bonchev–Trinajstić information content (AvgIpc) is 2.72. The molecule has 1 aliphatic heterocycles. The number of anilines is 1. The molecule has 0 radical (unpaired) electrons. The number of piperazine rings is 1. The Morgan fingerprint density at radius 3 is 2.88 bits per heavy atom. The highest BCUT2D eigenvalue weighted by Crippen LogP contribution is 2.16. The highest BCUT2D eigenvalue weighted by atomic mass is 79.9. The first kappa shape index (κ1) is 10.0. The van der Waals surface area contributed by atoms with E-state index in [9.17, 15) is 0 Å². The number of fused-ring (bicyclic) bond motifs is 1. The zero-order valence-corrected chi connectivity index (χ0v) is 10.3. The summed E-state index contributed by atoms with van der Waals surface area (Å²) >= 11 is 3.43. The quantitative estimate of drug-likeness (QED) is 0.844. The lowest BCUT2D eigenvalue weighted by Crippen LogP contribution is -2.44. The summed E-state index contributed by atoms with van der Waals surface area (Å²) in [6.45, 7) is 4.05. The molecule has 1 aliphatic rings. The molecular weight excluding hydrogens is 270 g/mol. The van der Waals surface area contributed by atoms with Gasteiger partial charge < -0.3 is 10.2 Å². The minimum atomic E-state index is 0.866. The van der Waals surface area contributed by atoms with Gasteiger partial charge in [-0.05, 0) is 28.1 Å². The van der Waals surface area contributed by atoms with Crippen LogP contribution in [0, 0.1) is 0 Å². The van der Waals surface area contributed by atoms with Crippen LogP contribution >= 0.6 is 15.9 Å². The maximum atomic E-state index is 4.56. The van der Waals surface area contributed by atoms with E-state index in [-0.39, 0.29) is 0 Å². The molecule has 16 heavy (non-hydrogen) atoms. The van der Waals surface area contributed by atoms with Crippen molar-refractivity contribution in [2.24, 2.45) is 0 Å². The number of nitrogens with one attached hydrogen (secondary N) is 1. The molecule has 0 atom stereocenters. The van der Waals surface area contributed by atoms with Gasteiger partial charge in [0, 0.05) is 26.2 Å². The number of imidazole rings is 1. The molecule has 0 amide bonds. The average molecular weight is 282 g/mol. The molecule has 0 saturated carbocycles. The first-order valence-electron chi connectivity index (χ1n) is 5.30. The van der Waals surface area contributed by atoms with Crippen LogP contribution in [0.3, 0.4) is 0 Å². The van der Waals surface area contributed by atoms with Gasteiger partial charge in [0.25, 0.3) is 0 Å². The summed E-state index contributed by atoms with van der Waals surface area (Å²) in [6, 6.07) is 4.02. The normalized spacial score (nSPS) is 16.9. The maximum absolute atomic E-state index is 4.56. The van der Waals surface area contributed by atoms with Crippen molar-refractivity contribution in [3.8, 4) is 0 Å². The second-order valence-electron chi connectivity index (χ2n) is 3.78.